The number of ketones is 1. The summed E-state index contributed by atoms with van der Waals surface area (Å²) in [6.07, 6.45) is 1.71. The summed E-state index contributed by atoms with van der Waals surface area (Å²) in [5.41, 5.74) is 0.728. The molecule has 1 amide bonds. The lowest BCUT2D eigenvalue weighted by Gasteiger charge is -2.15. The van der Waals surface area contributed by atoms with Crippen LogP contribution in [0.4, 0.5) is 5.69 Å². The fourth-order valence-electron chi connectivity index (χ4n) is 3.02. The van der Waals surface area contributed by atoms with E-state index in [1.807, 2.05) is 0 Å². The van der Waals surface area contributed by atoms with Crippen LogP contribution in [0.5, 0.6) is 11.5 Å². The van der Waals surface area contributed by atoms with Crippen LogP contribution < -0.4 is 14.8 Å². The SMILES string of the molecule is COc1cc(NC(=O)c2ccccc2Cl)c(C(=O)OCC(=O)c2cccn2C)cc1OC. The molecule has 0 fully saturated rings. The monoisotopic (exact) mass is 456 g/mol. The van der Waals surface area contributed by atoms with Crippen molar-refractivity contribution in [3.8, 4) is 11.5 Å². The summed E-state index contributed by atoms with van der Waals surface area (Å²) in [4.78, 5) is 37.9. The maximum absolute atomic E-state index is 12.8. The number of halogens is 1. The molecule has 0 radical (unpaired) electrons. The summed E-state index contributed by atoms with van der Waals surface area (Å²) in [5, 5.41) is 2.90. The molecule has 1 heterocycles. The fraction of sp³-hybridized carbons (Fsp3) is 0.174. The molecule has 0 aliphatic heterocycles. The van der Waals surface area contributed by atoms with Crippen LogP contribution in [-0.2, 0) is 11.8 Å². The minimum Gasteiger partial charge on any atom is -0.493 e. The van der Waals surface area contributed by atoms with Gasteiger partial charge in [0.05, 0.1) is 41.8 Å². The molecular weight excluding hydrogens is 436 g/mol. The van der Waals surface area contributed by atoms with Crippen molar-refractivity contribution in [1.82, 2.24) is 4.57 Å². The third-order valence-corrected chi connectivity index (χ3v) is 5.00. The normalized spacial score (nSPS) is 10.4. The number of hydrogen-bond acceptors (Lipinski definition) is 6. The molecule has 0 saturated heterocycles. The maximum atomic E-state index is 12.8. The van der Waals surface area contributed by atoms with Crippen LogP contribution in [0.3, 0.4) is 0 Å². The maximum Gasteiger partial charge on any atom is 0.340 e. The summed E-state index contributed by atoms with van der Waals surface area (Å²) >= 11 is 6.10. The standard InChI is InChI=1S/C23H21ClN2O6/c1-26-10-6-9-18(26)19(27)13-32-23(29)15-11-20(30-2)21(31-3)12-17(15)25-22(28)14-7-4-5-8-16(14)24/h4-12H,13H2,1-3H3,(H,25,28). The lowest BCUT2D eigenvalue weighted by atomic mass is 10.1. The molecule has 0 aliphatic rings. The number of esters is 1. The number of amides is 1. The molecule has 32 heavy (non-hydrogen) atoms. The van der Waals surface area contributed by atoms with Gasteiger partial charge in [-0.2, -0.15) is 0 Å². The highest BCUT2D eigenvalue weighted by Crippen LogP contribution is 2.34. The highest BCUT2D eigenvalue weighted by atomic mass is 35.5. The quantitative estimate of drug-likeness (QED) is 0.407. The average Bonchev–Trinajstić information content (AvgIpc) is 3.23. The van der Waals surface area contributed by atoms with Crippen molar-refractivity contribution < 1.29 is 28.6 Å². The zero-order chi connectivity index (χ0) is 23.3. The molecule has 166 valence electrons. The summed E-state index contributed by atoms with van der Waals surface area (Å²) in [5.74, 6) is -1.17. The third kappa shape index (κ3) is 4.92. The summed E-state index contributed by atoms with van der Waals surface area (Å²) in [6, 6.07) is 12.6. The number of aryl methyl sites for hydroxylation is 1. The fourth-order valence-corrected chi connectivity index (χ4v) is 3.24. The van der Waals surface area contributed by atoms with Crippen LogP contribution in [0.25, 0.3) is 0 Å². The number of nitrogens with one attached hydrogen (secondary N) is 1. The van der Waals surface area contributed by atoms with Crippen LogP contribution >= 0.6 is 11.6 Å². The number of benzene rings is 2. The molecule has 0 spiro atoms. The molecule has 0 aliphatic carbocycles. The van der Waals surface area contributed by atoms with E-state index < -0.39 is 18.5 Å². The first-order chi connectivity index (χ1) is 15.3. The first-order valence-electron chi connectivity index (χ1n) is 9.49. The summed E-state index contributed by atoms with van der Waals surface area (Å²) in [7, 11) is 4.55. The Morgan fingerprint density at radius 1 is 0.969 bits per heavy atom. The van der Waals surface area contributed by atoms with E-state index in [4.69, 9.17) is 25.8 Å². The van der Waals surface area contributed by atoms with Crippen LogP contribution in [0.2, 0.25) is 5.02 Å². The van der Waals surface area contributed by atoms with E-state index >= 15 is 0 Å². The van der Waals surface area contributed by atoms with Crippen LogP contribution in [0.1, 0.15) is 31.2 Å². The highest BCUT2D eigenvalue weighted by molar-refractivity contribution is 6.34. The van der Waals surface area contributed by atoms with Crippen molar-refractivity contribution in [2.75, 3.05) is 26.1 Å². The van der Waals surface area contributed by atoms with Gasteiger partial charge in [0, 0.05) is 25.4 Å². The van der Waals surface area contributed by atoms with E-state index in [1.54, 1.807) is 54.2 Å². The first kappa shape index (κ1) is 22.9. The van der Waals surface area contributed by atoms with E-state index in [-0.39, 0.29) is 33.4 Å². The predicted molar refractivity (Wildman–Crippen MR) is 119 cm³/mol. The van der Waals surface area contributed by atoms with Gasteiger partial charge in [-0.1, -0.05) is 23.7 Å². The number of anilines is 1. The molecule has 0 atom stereocenters. The Morgan fingerprint density at radius 2 is 1.66 bits per heavy atom. The van der Waals surface area contributed by atoms with Crippen molar-refractivity contribution >= 4 is 34.9 Å². The van der Waals surface area contributed by atoms with E-state index in [0.717, 1.165) is 0 Å². The van der Waals surface area contributed by atoms with Gasteiger partial charge in [0.15, 0.2) is 18.1 Å². The third-order valence-electron chi connectivity index (χ3n) is 4.67. The van der Waals surface area contributed by atoms with E-state index in [2.05, 4.69) is 5.32 Å². The molecule has 9 heteroatoms. The van der Waals surface area contributed by atoms with Gasteiger partial charge in [0.25, 0.3) is 5.91 Å². The van der Waals surface area contributed by atoms with Gasteiger partial charge in [0.2, 0.25) is 5.78 Å². The second-order valence-electron chi connectivity index (χ2n) is 6.69. The molecule has 0 saturated carbocycles. The van der Waals surface area contributed by atoms with E-state index in [9.17, 15) is 14.4 Å². The Morgan fingerprint density at radius 3 is 2.28 bits per heavy atom. The van der Waals surface area contributed by atoms with Crippen molar-refractivity contribution in [3.63, 3.8) is 0 Å². The van der Waals surface area contributed by atoms with Gasteiger partial charge in [-0.25, -0.2) is 4.79 Å². The number of ether oxygens (including phenoxy) is 3. The highest BCUT2D eigenvalue weighted by Gasteiger charge is 2.22. The van der Waals surface area contributed by atoms with E-state index in [0.29, 0.717) is 11.4 Å². The summed E-state index contributed by atoms with van der Waals surface area (Å²) in [6.45, 7) is -0.469. The lowest BCUT2D eigenvalue weighted by Crippen LogP contribution is -2.19. The van der Waals surface area contributed by atoms with Crippen molar-refractivity contribution in [2.24, 2.45) is 7.05 Å². The number of rotatable bonds is 8. The summed E-state index contributed by atoms with van der Waals surface area (Å²) < 4.78 is 17.4. The topological polar surface area (TPSA) is 95.9 Å². The first-order valence-corrected chi connectivity index (χ1v) is 9.87. The molecule has 0 unspecified atom stereocenters. The number of carbonyl (C=O) groups is 3. The molecule has 1 N–H and O–H groups in total. The van der Waals surface area contributed by atoms with Crippen molar-refractivity contribution in [1.29, 1.82) is 0 Å². The Labute approximate surface area is 189 Å². The largest absolute Gasteiger partial charge is 0.493 e. The van der Waals surface area contributed by atoms with Gasteiger partial charge < -0.3 is 24.1 Å². The van der Waals surface area contributed by atoms with Gasteiger partial charge in [-0.15, -0.1) is 0 Å². The number of carbonyl (C=O) groups excluding carboxylic acids is 3. The average molecular weight is 457 g/mol. The molecule has 2 aromatic carbocycles. The van der Waals surface area contributed by atoms with Crippen LogP contribution in [-0.4, -0.2) is 43.1 Å². The Hall–Kier alpha value is -3.78. The Bertz CT molecular complexity index is 1170. The Kier molecular flexibility index (Phi) is 7.17. The van der Waals surface area contributed by atoms with Crippen LogP contribution in [0, 0.1) is 0 Å². The second-order valence-corrected chi connectivity index (χ2v) is 7.10. The molecular formula is C23H21ClN2O6. The predicted octanol–water partition coefficient (Wildman–Crippen LogP) is 3.99. The van der Waals surface area contributed by atoms with Crippen LogP contribution in [0.15, 0.2) is 54.7 Å². The number of hydrogen-bond donors (Lipinski definition) is 1. The smallest absolute Gasteiger partial charge is 0.340 e. The number of aromatic nitrogens is 1. The zero-order valence-corrected chi connectivity index (χ0v) is 18.4. The molecule has 3 aromatic rings. The van der Waals surface area contributed by atoms with E-state index in [1.165, 1.54) is 26.4 Å². The molecule has 0 bridgehead atoms. The van der Waals surface area contributed by atoms with Gasteiger partial charge in [-0.3, -0.25) is 9.59 Å². The zero-order valence-electron chi connectivity index (χ0n) is 17.7. The lowest BCUT2D eigenvalue weighted by molar-refractivity contribution is 0.0473. The minimum absolute atomic E-state index is 0.0114. The number of nitrogens with zero attached hydrogens (tertiary/aromatic N) is 1. The molecule has 1 aromatic heterocycles. The van der Waals surface area contributed by atoms with Gasteiger partial charge >= 0.3 is 5.97 Å². The van der Waals surface area contributed by atoms with Gasteiger partial charge in [-0.05, 0) is 24.3 Å². The second kappa shape index (κ2) is 10.0. The van der Waals surface area contributed by atoms with Crippen molar-refractivity contribution in [2.45, 2.75) is 0 Å². The molecule has 8 nitrogen and oxygen atoms in total. The molecule has 3 rings (SSSR count). The minimum atomic E-state index is -0.817. The number of methoxy groups -OCH3 is 2. The Balaban J connectivity index is 1.88. The van der Waals surface area contributed by atoms with Gasteiger partial charge in [0.1, 0.15) is 0 Å². The number of Topliss-reactive ketones (excluding diaryl/α,β-unsaturated/α-hetero) is 1. The van der Waals surface area contributed by atoms with Crippen molar-refractivity contribution in [3.05, 3.63) is 76.6 Å².